The van der Waals surface area contributed by atoms with Gasteiger partial charge in [-0.25, -0.2) is 13.2 Å². The average Bonchev–Trinajstić information content (AvgIpc) is 3.01. The molecule has 2 fully saturated rings. The quantitative estimate of drug-likeness (QED) is 0.267. The zero-order chi connectivity index (χ0) is 31.6. The molecule has 7 nitrogen and oxygen atoms in total. The van der Waals surface area contributed by atoms with Crippen LogP contribution < -0.4 is 4.74 Å². The van der Waals surface area contributed by atoms with Crippen molar-refractivity contribution >= 4 is 15.9 Å². The lowest BCUT2D eigenvalue weighted by Gasteiger charge is -2.45. The monoisotopic (exact) mass is 630 g/mol. The Balaban J connectivity index is 1.04. The minimum absolute atomic E-state index is 0.0165. The van der Waals surface area contributed by atoms with Crippen LogP contribution in [0.3, 0.4) is 0 Å². The largest absolute Gasteiger partial charge is 0.487 e. The standard InChI is InChI=1S/C37H46N2O5S/c1-26(2)33-13-7-27(3)22-35(33)43-36(40)39-20-17-37(18-21-39)16-15-31-23-30(12-14-34(31)44-37)29-10-8-28(9-11-29)24-45(41,42)25-32-6-4-5-19-38-32/h4-6,8-12,14,19,23,26-27,33,35H,7,13,15-18,20-22,24-25H2,1-3H3/t27?,33-,35+/m0/s1. The van der Waals surface area contributed by atoms with Gasteiger partial charge in [-0.05, 0) is 90.0 Å². The van der Waals surface area contributed by atoms with Gasteiger partial charge in [0, 0.05) is 32.1 Å². The van der Waals surface area contributed by atoms with Crippen LogP contribution in [-0.4, -0.2) is 49.2 Å². The SMILES string of the molecule is CC1CC[C@@H](C(C)C)[C@H](OC(=O)N2CCC3(CCc4cc(-c5ccc(CS(=O)(=O)Cc6ccccn6)cc5)ccc4O3)CC2)C1. The molecule has 0 N–H and O–H groups in total. The van der Waals surface area contributed by atoms with Gasteiger partial charge in [0.1, 0.15) is 17.5 Å². The van der Waals surface area contributed by atoms with Gasteiger partial charge in [0.05, 0.1) is 17.2 Å². The van der Waals surface area contributed by atoms with E-state index in [9.17, 15) is 13.2 Å². The molecular weight excluding hydrogens is 584 g/mol. The van der Waals surface area contributed by atoms with Crippen LogP contribution in [0.25, 0.3) is 11.1 Å². The molecule has 2 aromatic carbocycles. The summed E-state index contributed by atoms with van der Waals surface area (Å²) >= 11 is 0. The second-order valence-corrected chi connectivity index (χ2v) is 16.0. The molecule has 1 saturated heterocycles. The van der Waals surface area contributed by atoms with Gasteiger partial charge in [0.15, 0.2) is 9.84 Å². The van der Waals surface area contributed by atoms with Crippen molar-refractivity contribution in [2.24, 2.45) is 17.8 Å². The van der Waals surface area contributed by atoms with Gasteiger partial charge in [-0.1, -0.05) is 63.6 Å². The second kappa shape index (κ2) is 13.1. The Bertz CT molecular complexity index is 1580. The number of hydrogen-bond donors (Lipinski definition) is 0. The van der Waals surface area contributed by atoms with E-state index in [0.717, 1.165) is 61.0 Å². The first-order valence-corrected chi connectivity index (χ1v) is 18.4. The number of fused-ring (bicyclic) bond motifs is 1. The third-order valence-electron chi connectivity index (χ3n) is 10.2. The van der Waals surface area contributed by atoms with Crippen LogP contribution in [0.15, 0.2) is 66.9 Å². The molecule has 3 aromatic rings. The number of hydrogen-bond acceptors (Lipinski definition) is 6. The maximum Gasteiger partial charge on any atom is 0.410 e. The smallest absolute Gasteiger partial charge is 0.410 e. The maximum absolute atomic E-state index is 13.2. The first-order valence-electron chi connectivity index (χ1n) is 16.6. The van der Waals surface area contributed by atoms with Gasteiger partial charge in [0.25, 0.3) is 0 Å². The summed E-state index contributed by atoms with van der Waals surface area (Å²) < 4.78 is 38.2. The minimum atomic E-state index is -3.32. The van der Waals surface area contributed by atoms with Crippen molar-refractivity contribution in [1.82, 2.24) is 9.88 Å². The van der Waals surface area contributed by atoms with Gasteiger partial charge >= 0.3 is 6.09 Å². The molecule has 3 heterocycles. The summed E-state index contributed by atoms with van der Waals surface area (Å²) in [7, 11) is -3.32. The number of ether oxygens (including phenoxy) is 2. The molecule has 1 spiro atoms. The van der Waals surface area contributed by atoms with Crippen molar-refractivity contribution in [3.8, 4) is 16.9 Å². The molecule has 1 saturated carbocycles. The Morgan fingerprint density at radius 1 is 1.00 bits per heavy atom. The van der Waals surface area contributed by atoms with Crippen molar-refractivity contribution in [3.05, 3.63) is 83.7 Å². The number of piperidine rings is 1. The summed E-state index contributed by atoms with van der Waals surface area (Å²) in [5.74, 6) is 2.41. The van der Waals surface area contributed by atoms with E-state index >= 15 is 0 Å². The zero-order valence-corrected chi connectivity index (χ0v) is 27.6. The molecular formula is C37H46N2O5S. The molecule has 1 unspecified atom stereocenters. The van der Waals surface area contributed by atoms with Gasteiger partial charge in [-0.2, -0.15) is 0 Å². The second-order valence-electron chi connectivity index (χ2n) is 13.9. The summed E-state index contributed by atoms with van der Waals surface area (Å²) in [6.45, 7) is 8.06. The molecule has 2 aliphatic heterocycles. The van der Waals surface area contributed by atoms with Crippen LogP contribution in [0.5, 0.6) is 5.75 Å². The molecule has 45 heavy (non-hydrogen) atoms. The molecule has 240 valence electrons. The highest BCUT2D eigenvalue weighted by Gasteiger charge is 2.42. The van der Waals surface area contributed by atoms with Gasteiger partial charge in [0.2, 0.25) is 0 Å². The van der Waals surface area contributed by atoms with E-state index in [0.29, 0.717) is 36.5 Å². The number of aryl methyl sites for hydroxylation is 1. The highest BCUT2D eigenvalue weighted by molar-refractivity contribution is 7.89. The molecule has 0 radical (unpaired) electrons. The molecule has 3 aliphatic rings. The number of nitrogens with zero attached hydrogens (tertiary/aromatic N) is 2. The Hall–Kier alpha value is -3.39. The number of carbonyl (C=O) groups excluding carboxylic acids is 1. The van der Waals surface area contributed by atoms with E-state index in [1.54, 1.807) is 24.4 Å². The van der Waals surface area contributed by atoms with E-state index in [-0.39, 0.29) is 29.3 Å². The number of sulfone groups is 1. The van der Waals surface area contributed by atoms with Crippen molar-refractivity contribution in [1.29, 1.82) is 0 Å². The topological polar surface area (TPSA) is 85.8 Å². The van der Waals surface area contributed by atoms with Crippen LogP contribution >= 0.6 is 0 Å². The Labute approximate surface area is 268 Å². The number of aromatic nitrogens is 1. The molecule has 1 aliphatic carbocycles. The van der Waals surface area contributed by atoms with Crippen LogP contribution in [-0.2, 0) is 32.5 Å². The summed E-state index contributed by atoms with van der Waals surface area (Å²) in [5.41, 5.74) is 4.40. The maximum atomic E-state index is 13.2. The highest BCUT2D eigenvalue weighted by atomic mass is 32.2. The molecule has 8 heteroatoms. The third kappa shape index (κ3) is 7.54. The van der Waals surface area contributed by atoms with Crippen LogP contribution in [0, 0.1) is 17.8 Å². The van der Waals surface area contributed by atoms with E-state index in [1.807, 2.05) is 29.2 Å². The van der Waals surface area contributed by atoms with Gasteiger partial charge < -0.3 is 14.4 Å². The molecule has 3 atom stereocenters. The van der Waals surface area contributed by atoms with Crippen molar-refractivity contribution < 1.29 is 22.7 Å². The Kier molecular flexibility index (Phi) is 9.23. The normalized spacial score (nSPS) is 22.9. The zero-order valence-electron chi connectivity index (χ0n) is 26.8. The fourth-order valence-corrected chi connectivity index (χ4v) is 8.83. The van der Waals surface area contributed by atoms with Gasteiger partial charge in [-0.3, -0.25) is 4.98 Å². The fraction of sp³-hybridized carbons (Fsp3) is 0.514. The lowest BCUT2D eigenvalue weighted by molar-refractivity contribution is -0.0373. The Morgan fingerprint density at radius 3 is 2.47 bits per heavy atom. The van der Waals surface area contributed by atoms with Crippen LogP contribution in [0.2, 0.25) is 0 Å². The summed E-state index contributed by atoms with van der Waals surface area (Å²) in [5, 5.41) is 0. The number of carbonyl (C=O) groups is 1. The molecule has 1 amide bonds. The van der Waals surface area contributed by atoms with Gasteiger partial charge in [-0.15, -0.1) is 0 Å². The van der Waals surface area contributed by atoms with E-state index in [4.69, 9.17) is 9.47 Å². The first kappa shape index (κ1) is 31.6. The lowest BCUT2D eigenvalue weighted by atomic mass is 9.75. The molecule has 6 rings (SSSR count). The van der Waals surface area contributed by atoms with Crippen molar-refractivity contribution in [3.63, 3.8) is 0 Å². The summed E-state index contributed by atoms with van der Waals surface area (Å²) in [6.07, 6.45) is 8.26. The van der Waals surface area contributed by atoms with Crippen molar-refractivity contribution in [2.75, 3.05) is 13.1 Å². The summed E-state index contributed by atoms with van der Waals surface area (Å²) in [4.78, 5) is 19.2. The number of likely N-dealkylation sites (tertiary alicyclic amines) is 1. The number of amides is 1. The Morgan fingerprint density at radius 2 is 1.76 bits per heavy atom. The van der Waals surface area contributed by atoms with E-state index in [1.165, 1.54) is 12.0 Å². The summed E-state index contributed by atoms with van der Waals surface area (Å²) in [6, 6.07) is 19.4. The fourth-order valence-electron chi connectivity index (χ4n) is 7.41. The predicted molar refractivity (Wildman–Crippen MR) is 177 cm³/mol. The molecule has 1 aromatic heterocycles. The van der Waals surface area contributed by atoms with E-state index < -0.39 is 9.84 Å². The first-order chi connectivity index (χ1) is 21.6. The lowest BCUT2D eigenvalue weighted by Crippen LogP contribution is -2.52. The number of benzene rings is 2. The highest BCUT2D eigenvalue weighted by Crippen LogP contribution is 2.41. The predicted octanol–water partition coefficient (Wildman–Crippen LogP) is 7.62. The average molecular weight is 631 g/mol. The van der Waals surface area contributed by atoms with Crippen molar-refractivity contribution in [2.45, 2.75) is 88.9 Å². The van der Waals surface area contributed by atoms with Crippen LogP contribution in [0.1, 0.15) is 76.1 Å². The third-order valence-corrected chi connectivity index (χ3v) is 11.7. The molecule has 0 bridgehead atoms. The van der Waals surface area contributed by atoms with Crippen LogP contribution in [0.4, 0.5) is 4.79 Å². The minimum Gasteiger partial charge on any atom is -0.487 e. The number of pyridine rings is 1. The van der Waals surface area contributed by atoms with E-state index in [2.05, 4.69) is 44.0 Å². The number of rotatable bonds is 7.